The molecule has 8 heteroatoms. The van der Waals surface area contributed by atoms with Crippen molar-refractivity contribution in [2.75, 3.05) is 26.2 Å². The zero-order valence-electron chi connectivity index (χ0n) is 23.6. The second-order valence-electron chi connectivity index (χ2n) is 11.4. The summed E-state index contributed by atoms with van der Waals surface area (Å²) in [4.78, 5) is 31.3. The van der Waals surface area contributed by atoms with Crippen molar-refractivity contribution in [3.05, 3.63) is 101 Å². The molecule has 3 aromatic carbocycles. The number of rotatable bonds is 7. The van der Waals surface area contributed by atoms with Crippen molar-refractivity contribution < 1.29 is 24.2 Å². The van der Waals surface area contributed by atoms with Gasteiger partial charge in [0.1, 0.15) is 11.6 Å². The molecule has 0 spiro atoms. The maximum absolute atomic E-state index is 14.4. The Morgan fingerprint density at radius 1 is 0.902 bits per heavy atom. The van der Waals surface area contributed by atoms with Crippen molar-refractivity contribution >= 4 is 11.9 Å². The van der Waals surface area contributed by atoms with E-state index in [0.717, 1.165) is 24.2 Å². The quantitative estimate of drug-likeness (QED) is 0.417. The molecule has 216 valence electrons. The van der Waals surface area contributed by atoms with Crippen molar-refractivity contribution in [3.63, 3.8) is 0 Å². The van der Waals surface area contributed by atoms with Gasteiger partial charge in [0, 0.05) is 55.9 Å². The molecular formula is C33H38FN3O4. The Morgan fingerprint density at radius 2 is 1.59 bits per heavy atom. The van der Waals surface area contributed by atoms with Crippen LogP contribution in [0, 0.1) is 11.7 Å². The van der Waals surface area contributed by atoms with E-state index in [4.69, 9.17) is 0 Å². The summed E-state index contributed by atoms with van der Waals surface area (Å²) in [7, 11) is 0. The fraction of sp³-hybridized carbons (Fsp3) is 0.394. The Morgan fingerprint density at radius 3 is 2.27 bits per heavy atom. The van der Waals surface area contributed by atoms with Gasteiger partial charge in [-0.1, -0.05) is 42.5 Å². The number of piperazine rings is 1. The van der Waals surface area contributed by atoms with Crippen LogP contribution in [-0.4, -0.2) is 75.1 Å². The van der Waals surface area contributed by atoms with Gasteiger partial charge < -0.3 is 15.1 Å². The van der Waals surface area contributed by atoms with Crippen LogP contribution in [0.3, 0.4) is 0 Å². The van der Waals surface area contributed by atoms with Crippen molar-refractivity contribution in [1.29, 1.82) is 0 Å². The molecule has 0 aromatic heterocycles. The van der Waals surface area contributed by atoms with E-state index < -0.39 is 11.9 Å². The van der Waals surface area contributed by atoms with Crippen LogP contribution in [0.5, 0.6) is 5.75 Å². The first-order chi connectivity index (χ1) is 19.7. The highest BCUT2D eigenvalue weighted by molar-refractivity contribution is 5.94. The molecule has 2 saturated heterocycles. The fourth-order valence-corrected chi connectivity index (χ4v) is 6.27. The fourth-order valence-electron chi connectivity index (χ4n) is 6.27. The minimum Gasteiger partial charge on any atom is -0.508 e. The van der Waals surface area contributed by atoms with Gasteiger partial charge in [-0.2, -0.15) is 0 Å². The van der Waals surface area contributed by atoms with E-state index in [2.05, 4.69) is 23.6 Å². The molecule has 0 bridgehead atoms. The van der Waals surface area contributed by atoms with Crippen LogP contribution in [0.1, 0.15) is 59.8 Å². The molecule has 3 atom stereocenters. The third-order valence-corrected chi connectivity index (χ3v) is 8.59. The minimum atomic E-state index is -0.801. The number of carboxylic acids is 1. The molecule has 0 radical (unpaired) electrons. The van der Waals surface area contributed by atoms with Crippen LogP contribution in [0.2, 0.25) is 0 Å². The molecule has 0 saturated carbocycles. The number of likely N-dealkylation sites (tertiary alicyclic amines) is 1. The maximum Gasteiger partial charge on any atom is 0.306 e. The topological polar surface area (TPSA) is 84.3 Å². The Bertz CT molecular complexity index is 1390. The zero-order valence-corrected chi connectivity index (χ0v) is 23.6. The van der Waals surface area contributed by atoms with Gasteiger partial charge in [0.05, 0.1) is 12.0 Å². The lowest BCUT2D eigenvalue weighted by Gasteiger charge is -2.47. The highest BCUT2D eigenvalue weighted by atomic mass is 19.1. The predicted octanol–water partition coefficient (Wildman–Crippen LogP) is 5.15. The van der Waals surface area contributed by atoms with Gasteiger partial charge >= 0.3 is 5.97 Å². The average Bonchev–Trinajstić information content (AvgIpc) is 2.96. The number of hydrogen-bond acceptors (Lipinski definition) is 5. The first-order valence-electron chi connectivity index (χ1n) is 14.4. The lowest BCUT2D eigenvalue weighted by Crippen LogP contribution is -2.56. The van der Waals surface area contributed by atoms with E-state index in [0.29, 0.717) is 43.6 Å². The first kappa shape index (κ1) is 28.8. The van der Waals surface area contributed by atoms with E-state index in [1.54, 1.807) is 23.1 Å². The maximum atomic E-state index is 14.4. The van der Waals surface area contributed by atoms with Gasteiger partial charge in [-0.25, -0.2) is 4.39 Å². The normalized spacial score (nSPS) is 21.5. The van der Waals surface area contributed by atoms with Crippen LogP contribution in [0.25, 0.3) is 0 Å². The smallest absolute Gasteiger partial charge is 0.306 e. The summed E-state index contributed by atoms with van der Waals surface area (Å²) < 4.78 is 14.4. The van der Waals surface area contributed by atoms with Gasteiger partial charge in [-0.15, -0.1) is 0 Å². The molecule has 7 nitrogen and oxygen atoms in total. The molecule has 3 aromatic rings. The summed E-state index contributed by atoms with van der Waals surface area (Å²) in [5.41, 5.74) is 3.13. The SMILES string of the molecule is C[C@@H]1CN([C@@H](c2cccc(O)c2)c2cccc(C(=O)N3CCC(C(=O)O)CC3)c2)[C@@H](C)CN1Cc1ccccc1F. The Balaban J connectivity index is 1.41. The molecule has 0 unspecified atom stereocenters. The molecule has 2 aliphatic heterocycles. The van der Waals surface area contributed by atoms with Crippen LogP contribution < -0.4 is 0 Å². The third kappa shape index (κ3) is 6.44. The van der Waals surface area contributed by atoms with Crippen molar-refractivity contribution in [2.24, 2.45) is 5.92 Å². The van der Waals surface area contributed by atoms with Crippen LogP contribution in [0.4, 0.5) is 4.39 Å². The summed E-state index contributed by atoms with van der Waals surface area (Å²) in [6.07, 6.45) is 0.915. The van der Waals surface area contributed by atoms with Gasteiger partial charge in [0.2, 0.25) is 0 Å². The number of carbonyl (C=O) groups is 2. The largest absolute Gasteiger partial charge is 0.508 e. The van der Waals surface area contributed by atoms with E-state index in [1.165, 1.54) is 6.07 Å². The minimum absolute atomic E-state index is 0.0959. The van der Waals surface area contributed by atoms with Crippen molar-refractivity contribution in [3.8, 4) is 5.75 Å². The zero-order chi connectivity index (χ0) is 29.1. The van der Waals surface area contributed by atoms with Gasteiger partial charge in [-0.3, -0.25) is 19.4 Å². The lowest BCUT2D eigenvalue weighted by atomic mass is 9.91. The molecule has 2 aliphatic rings. The number of phenolic OH excluding ortho intramolecular Hbond substituents is 1. The number of nitrogens with zero attached hydrogens (tertiary/aromatic N) is 3. The van der Waals surface area contributed by atoms with Crippen LogP contribution in [-0.2, 0) is 11.3 Å². The number of piperidine rings is 1. The van der Waals surface area contributed by atoms with Crippen LogP contribution >= 0.6 is 0 Å². The number of hydrogen-bond donors (Lipinski definition) is 2. The molecular weight excluding hydrogens is 521 g/mol. The predicted molar refractivity (Wildman–Crippen MR) is 155 cm³/mol. The second kappa shape index (κ2) is 12.4. The highest BCUT2D eigenvalue weighted by Crippen LogP contribution is 2.35. The molecule has 2 heterocycles. The Kier molecular flexibility index (Phi) is 8.71. The standard InChI is InChI=1S/C33H38FN3O4/c1-22-20-37(23(2)19-36(22)21-28-7-3-4-12-30(28)34)31(26-9-6-11-29(38)18-26)25-8-5-10-27(17-25)32(39)35-15-13-24(14-16-35)33(40)41/h3-12,17-18,22-24,31,38H,13-16,19-21H2,1-2H3,(H,40,41)/t22-,23+,31-/m1/s1. The summed E-state index contributed by atoms with van der Waals surface area (Å²) in [5, 5.41) is 19.7. The van der Waals surface area contributed by atoms with E-state index >= 15 is 0 Å². The molecule has 1 amide bonds. The van der Waals surface area contributed by atoms with Crippen molar-refractivity contribution in [2.45, 2.75) is 51.4 Å². The van der Waals surface area contributed by atoms with Gasteiger partial charge in [0.15, 0.2) is 0 Å². The first-order valence-corrected chi connectivity index (χ1v) is 14.4. The van der Waals surface area contributed by atoms with Gasteiger partial charge in [0.25, 0.3) is 5.91 Å². The van der Waals surface area contributed by atoms with Crippen LogP contribution in [0.15, 0.2) is 72.8 Å². The number of phenols is 1. The summed E-state index contributed by atoms with van der Waals surface area (Å²) >= 11 is 0. The number of carbonyl (C=O) groups excluding carboxylic acids is 1. The van der Waals surface area contributed by atoms with Crippen molar-refractivity contribution in [1.82, 2.24) is 14.7 Å². The average molecular weight is 560 g/mol. The highest BCUT2D eigenvalue weighted by Gasteiger charge is 2.36. The second-order valence-corrected chi connectivity index (χ2v) is 11.4. The summed E-state index contributed by atoms with van der Waals surface area (Å²) in [6.45, 7) is 7.16. The number of halogens is 1. The van der Waals surface area contributed by atoms with E-state index in [9.17, 15) is 24.2 Å². The lowest BCUT2D eigenvalue weighted by molar-refractivity contribution is -0.143. The summed E-state index contributed by atoms with van der Waals surface area (Å²) in [6, 6.07) is 21.9. The third-order valence-electron chi connectivity index (χ3n) is 8.59. The number of benzene rings is 3. The number of carboxylic acid groups (broad SMARTS) is 1. The Hall–Kier alpha value is -3.75. The molecule has 2 N–H and O–H groups in total. The Labute approximate surface area is 240 Å². The number of aliphatic carboxylic acids is 1. The molecule has 41 heavy (non-hydrogen) atoms. The number of amides is 1. The monoisotopic (exact) mass is 559 g/mol. The van der Waals surface area contributed by atoms with Gasteiger partial charge in [-0.05, 0) is 68.1 Å². The van der Waals surface area contributed by atoms with E-state index in [-0.39, 0.29) is 35.6 Å². The molecule has 0 aliphatic carbocycles. The number of aromatic hydroxyl groups is 1. The van der Waals surface area contributed by atoms with E-state index in [1.807, 2.05) is 48.5 Å². The molecule has 2 fully saturated rings. The summed E-state index contributed by atoms with van der Waals surface area (Å²) in [5.74, 6) is -1.31. The molecule has 5 rings (SSSR count).